The van der Waals surface area contributed by atoms with Crippen LogP contribution in [0.4, 0.5) is 11.4 Å². The van der Waals surface area contributed by atoms with Gasteiger partial charge in [0.1, 0.15) is 0 Å². The number of hydrogen-bond donors (Lipinski definition) is 2. The Hall–Kier alpha value is -3.08. The Kier molecular flexibility index (Phi) is 3.39. The molecule has 5 heteroatoms. The van der Waals surface area contributed by atoms with Crippen LogP contribution >= 0.6 is 0 Å². The van der Waals surface area contributed by atoms with E-state index in [0.29, 0.717) is 11.2 Å². The molecule has 2 N–H and O–H groups in total. The molecule has 0 unspecified atom stereocenters. The number of pyridine rings is 1. The molecule has 1 aromatic heterocycles. The van der Waals surface area contributed by atoms with Crippen LogP contribution in [0.1, 0.15) is 16.1 Å². The third-order valence-corrected chi connectivity index (χ3v) is 3.34. The van der Waals surface area contributed by atoms with Crippen LogP contribution in [0.5, 0.6) is 5.75 Å². The maximum atomic E-state index is 11.8. The smallest absolute Gasteiger partial charge is 0.335 e. The summed E-state index contributed by atoms with van der Waals surface area (Å²) in [5.41, 5.74) is 2.69. The molecule has 3 rings (SSSR count). The van der Waals surface area contributed by atoms with Crippen LogP contribution in [0.15, 0.2) is 48.5 Å². The highest BCUT2D eigenvalue weighted by Gasteiger charge is 2.09. The predicted molar refractivity (Wildman–Crippen MR) is 82.6 cm³/mol. The van der Waals surface area contributed by atoms with Gasteiger partial charge in [-0.15, -0.1) is 0 Å². The zero-order valence-corrected chi connectivity index (χ0v) is 11.8. The van der Waals surface area contributed by atoms with Crippen molar-refractivity contribution in [3.05, 3.63) is 59.8 Å². The summed E-state index contributed by atoms with van der Waals surface area (Å²) in [4.78, 5) is 15.4. The van der Waals surface area contributed by atoms with Crippen LogP contribution in [-0.4, -0.2) is 16.1 Å². The SMILES string of the molecule is Cc1cc(Nc2ccccc2[O-])c2ccc(C(=O)O)cc2n1. The molecule has 0 saturated carbocycles. The van der Waals surface area contributed by atoms with Gasteiger partial charge in [-0.05, 0) is 37.3 Å². The highest BCUT2D eigenvalue weighted by atomic mass is 16.4. The Labute approximate surface area is 126 Å². The van der Waals surface area contributed by atoms with Crippen molar-refractivity contribution in [3.63, 3.8) is 0 Å². The number of para-hydroxylation sites is 2. The minimum Gasteiger partial charge on any atom is -0.871 e. The first kappa shape index (κ1) is 13.9. The van der Waals surface area contributed by atoms with Crippen molar-refractivity contribution >= 4 is 28.2 Å². The van der Waals surface area contributed by atoms with Crippen molar-refractivity contribution in [3.8, 4) is 5.75 Å². The quantitative estimate of drug-likeness (QED) is 0.775. The molecule has 1 heterocycles. The summed E-state index contributed by atoms with van der Waals surface area (Å²) in [5, 5.41) is 24.8. The minimum atomic E-state index is -0.996. The molecule has 3 aromatic rings. The first-order valence-corrected chi connectivity index (χ1v) is 6.72. The Morgan fingerprint density at radius 1 is 1.14 bits per heavy atom. The molecule has 0 saturated heterocycles. The van der Waals surface area contributed by atoms with Crippen molar-refractivity contribution in [2.75, 3.05) is 5.32 Å². The summed E-state index contributed by atoms with van der Waals surface area (Å²) in [6.45, 7) is 1.82. The number of carboxylic acid groups (broad SMARTS) is 1. The molecule has 0 radical (unpaired) electrons. The van der Waals surface area contributed by atoms with Crippen molar-refractivity contribution < 1.29 is 15.0 Å². The van der Waals surface area contributed by atoms with Gasteiger partial charge in [0.05, 0.1) is 11.1 Å². The number of aromatic carboxylic acids is 1. The summed E-state index contributed by atoms with van der Waals surface area (Å²) in [7, 11) is 0. The van der Waals surface area contributed by atoms with E-state index in [1.807, 2.05) is 13.0 Å². The first-order chi connectivity index (χ1) is 10.5. The number of aryl methyl sites for hydroxylation is 1. The zero-order chi connectivity index (χ0) is 15.7. The zero-order valence-electron chi connectivity index (χ0n) is 11.8. The Balaban J connectivity index is 2.13. The molecule has 0 amide bonds. The third-order valence-electron chi connectivity index (χ3n) is 3.34. The summed E-state index contributed by atoms with van der Waals surface area (Å²) < 4.78 is 0. The fraction of sp³-hybridized carbons (Fsp3) is 0.0588. The molecular weight excluding hydrogens is 280 g/mol. The number of nitrogens with one attached hydrogen (secondary N) is 1. The van der Waals surface area contributed by atoms with Gasteiger partial charge in [0, 0.05) is 22.5 Å². The molecule has 5 nitrogen and oxygen atoms in total. The number of aromatic nitrogens is 1. The topological polar surface area (TPSA) is 85.3 Å². The second kappa shape index (κ2) is 5.37. The van der Waals surface area contributed by atoms with Gasteiger partial charge in [0.15, 0.2) is 0 Å². The lowest BCUT2D eigenvalue weighted by molar-refractivity contribution is -0.267. The number of rotatable bonds is 3. The number of carboxylic acids is 1. The number of anilines is 2. The number of hydrogen-bond acceptors (Lipinski definition) is 4. The van der Waals surface area contributed by atoms with Gasteiger partial charge in [0.25, 0.3) is 0 Å². The van der Waals surface area contributed by atoms with Crippen molar-refractivity contribution in [1.29, 1.82) is 0 Å². The normalized spacial score (nSPS) is 10.6. The number of nitrogens with zero attached hydrogens (tertiary/aromatic N) is 1. The lowest BCUT2D eigenvalue weighted by atomic mass is 10.1. The summed E-state index contributed by atoms with van der Waals surface area (Å²) >= 11 is 0. The van der Waals surface area contributed by atoms with Gasteiger partial charge < -0.3 is 15.5 Å². The summed E-state index contributed by atoms with van der Waals surface area (Å²) in [6, 6.07) is 13.2. The van der Waals surface area contributed by atoms with E-state index in [2.05, 4.69) is 10.3 Å². The molecule has 0 spiro atoms. The molecule has 0 atom stereocenters. The molecule has 0 bridgehead atoms. The average Bonchev–Trinajstić information content (AvgIpc) is 2.48. The van der Waals surface area contributed by atoms with Crippen LogP contribution < -0.4 is 10.4 Å². The number of benzene rings is 2. The van der Waals surface area contributed by atoms with Crippen molar-refractivity contribution in [1.82, 2.24) is 4.98 Å². The van der Waals surface area contributed by atoms with Crippen LogP contribution in [0.3, 0.4) is 0 Å². The van der Waals surface area contributed by atoms with Crippen LogP contribution in [0.25, 0.3) is 10.9 Å². The van der Waals surface area contributed by atoms with E-state index < -0.39 is 5.97 Å². The van der Waals surface area contributed by atoms with Crippen molar-refractivity contribution in [2.45, 2.75) is 6.92 Å². The lowest BCUT2D eigenvalue weighted by Crippen LogP contribution is -2.01. The largest absolute Gasteiger partial charge is 0.871 e. The maximum Gasteiger partial charge on any atom is 0.335 e. The molecule has 110 valence electrons. The second-order valence-corrected chi connectivity index (χ2v) is 4.97. The Morgan fingerprint density at radius 3 is 2.64 bits per heavy atom. The molecule has 0 aliphatic heterocycles. The van der Waals surface area contributed by atoms with Gasteiger partial charge in [-0.25, -0.2) is 4.79 Å². The monoisotopic (exact) mass is 293 g/mol. The van der Waals surface area contributed by atoms with Crippen molar-refractivity contribution in [2.24, 2.45) is 0 Å². The standard InChI is InChI=1S/C17H14N2O3/c1-10-8-14(19-13-4-2-3-5-16(13)20)12-7-6-11(17(21)22)9-15(12)18-10/h2-9,20H,1H3,(H,18,19)(H,21,22)/p-1. The van der Waals surface area contributed by atoms with E-state index >= 15 is 0 Å². The van der Waals surface area contributed by atoms with Gasteiger partial charge in [-0.2, -0.15) is 0 Å². The molecule has 0 fully saturated rings. The number of fused-ring (bicyclic) bond motifs is 1. The second-order valence-electron chi connectivity index (χ2n) is 4.97. The van der Waals surface area contributed by atoms with Gasteiger partial charge >= 0.3 is 5.97 Å². The highest BCUT2D eigenvalue weighted by Crippen LogP contribution is 2.30. The van der Waals surface area contributed by atoms with Crippen LogP contribution in [-0.2, 0) is 0 Å². The fourth-order valence-electron chi connectivity index (χ4n) is 2.31. The summed E-state index contributed by atoms with van der Waals surface area (Å²) in [6.07, 6.45) is 0. The van der Waals surface area contributed by atoms with E-state index in [-0.39, 0.29) is 11.3 Å². The Bertz CT molecular complexity index is 875. The van der Waals surface area contributed by atoms with E-state index in [4.69, 9.17) is 5.11 Å². The van der Waals surface area contributed by atoms with E-state index in [1.54, 1.807) is 24.3 Å². The number of carbonyl (C=O) groups is 1. The minimum absolute atomic E-state index is 0.104. The van der Waals surface area contributed by atoms with Crippen LogP contribution in [0, 0.1) is 6.92 Å². The summed E-state index contributed by atoms with van der Waals surface area (Å²) in [5.74, 6) is -1.10. The van der Waals surface area contributed by atoms with Gasteiger partial charge in [-0.3, -0.25) is 4.98 Å². The van der Waals surface area contributed by atoms with Gasteiger partial charge in [-0.1, -0.05) is 23.9 Å². The van der Waals surface area contributed by atoms with E-state index in [9.17, 15) is 9.90 Å². The maximum absolute atomic E-state index is 11.8. The van der Waals surface area contributed by atoms with Gasteiger partial charge in [0.2, 0.25) is 0 Å². The average molecular weight is 293 g/mol. The van der Waals surface area contributed by atoms with E-state index in [1.165, 1.54) is 18.2 Å². The molecule has 2 aromatic carbocycles. The lowest BCUT2D eigenvalue weighted by Gasteiger charge is -2.16. The Morgan fingerprint density at radius 2 is 1.91 bits per heavy atom. The molecule has 0 aliphatic rings. The molecular formula is C17H13N2O3-. The van der Waals surface area contributed by atoms with Crippen LogP contribution in [0.2, 0.25) is 0 Å². The fourth-order valence-corrected chi connectivity index (χ4v) is 2.31. The molecule has 0 aliphatic carbocycles. The predicted octanol–water partition coefficient (Wildman–Crippen LogP) is 3.06. The third kappa shape index (κ3) is 2.56. The molecule has 22 heavy (non-hydrogen) atoms. The van der Waals surface area contributed by atoms with E-state index in [0.717, 1.165) is 16.8 Å². The highest BCUT2D eigenvalue weighted by molar-refractivity contribution is 5.98. The first-order valence-electron chi connectivity index (χ1n) is 6.72.